The Morgan fingerprint density at radius 2 is 0.229 bits per heavy atom. The Morgan fingerprint density at radius 3 is 0.229 bits per heavy atom. The summed E-state index contributed by atoms with van der Waals surface area (Å²) in [5, 5.41) is 0. The second-order valence-corrected chi connectivity index (χ2v) is 0.167. The lowest BCUT2D eigenvalue weighted by atomic mass is 11.0. The fourth-order valence-electron chi connectivity index (χ4n) is 0. The van der Waals surface area contributed by atoms with Crippen molar-refractivity contribution in [1.82, 2.24) is 5.53 Å². The van der Waals surface area contributed by atoms with Crippen LogP contribution in [0.15, 0.2) is 0 Å². The third-order valence-corrected chi connectivity index (χ3v) is 0. The van der Waals surface area contributed by atoms with Gasteiger partial charge in [0.15, 0.2) is 0 Å². The monoisotopic (exact) mass is 557 g/mol. The van der Waals surface area contributed by atoms with Crippen molar-refractivity contribution in [2.75, 3.05) is 7.05 Å². The Morgan fingerprint density at radius 1 is 0.229 bits per heavy atom. The van der Waals surface area contributed by atoms with E-state index >= 15 is 0 Å². The van der Waals surface area contributed by atoms with Gasteiger partial charge in [-0.05, 0) is 7.05 Å². The van der Waals surface area contributed by atoms with Gasteiger partial charge in [0.1, 0.15) is 0 Å². The maximum Gasteiger partial charge on any atom is -0.0195 e. The molecule has 0 saturated heterocycles. The maximum atomic E-state index is 4.50. The molecule has 0 aromatic heterocycles. The van der Waals surface area contributed by atoms with Gasteiger partial charge in [0.2, 0.25) is 0 Å². The molecule has 0 unspecified atom stereocenters. The van der Waals surface area contributed by atoms with Crippen LogP contribution >= 0.6 is 0 Å². The van der Waals surface area contributed by atoms with E-state index < -0.39 is 0 Å². The molecule has 0 saturated carbocycles. The van der Waals surface area contributed by atoms with E-state index in [4.69, 9.17) is 0 Å². The van der Waals surface area contributed by atoms with Crippen LogP contribution in [-0.2, 0) is 0 Å². The number of hydrazine groups is 16. The molecule has 35 heavy (non-hydrogen) atoms. The van der Waals surface area contributed by atoms with Crippen molar-refractivity contribution in [2.45, 2.75) is 13.8 Å². The number of rotatable bonds is 0. The van der Waals surface area contributed by atoms with Gasteiger partial charge in [-0.3, -0.25) is 175 Å². The minimum Gasteiger partial charge on any atom is -0.333 e. The average molecular weight is 557 g/mol. The Bertz CT molecular complexity index is 14.8. The first-order valence-electron chi connectivity index (χ1n) is 6.82. The van der Waals surface area contributed by atoms with Crippen molar-refractivity contribution in [2.24, 2.45) is 181 Å². The van der Waals surface area contributed by atoms with Crippen molar-refractivity contribution in [3.05, 3.63) is 0 Å². The lowest BCUT2D eigenvalue weighted by molar-refractivity contribution is 0.803. The summed E-state index contributed by atoms with van der Waals surface area (Å²) >= 11 is 0. The Balaban J connectivity index is -0.00000000657. The molecule has 0 spiro atoms. The quantitative estimate of drug-likeness (QED) is 0.0971. The molecule has 0 rings (SSSR count). The third kappa shape index (κ3) is 18800. The van der Waals surface area contributed by atoms with E-state index in [-0.39, 0.29) is 0 Å². The number of nitrogens with two attached hydrogens (primary N) is 31. The van der Waals surface area contributed by atoms with Gasteiger partial charge in [0, 0.05) is 0 Å². The molecule has 0 aromatic rings. The molecule has 0 amide bonds. The molecule has 32 heteroatoms. The Labute approximate surface area is 208 Å². The largest absolute Gasteiger partial charge is 0.333 e. The zero-order valence-corrected chi connectivity index (χ0v) is 21.4. The normalized spacial score (nSPS) is 3.26. The van der Waals surface area contributed by atoms with Crippen LogP contribution in [0.25, 0.3) is 0 Å². The Kier molecular flexibility index (Phi) is 1550000. The number of nitrogens with one attached hydrogen (secondary N) is 1. The highest BCUT2D eigenvalue weighted by molar-refractivity contribution is 3.63. The van der Waals surface area contributed by atoms with Crippen LogP contribution in [0.1, 0.15) is 13.8 Å². The van der Waals surface area contributed by atoms with Crippen molar-refractivity contribution < 1.29 is 0 Å². The predicted octanol–water partition coefficient (Wildman–Crippen LogP) is -17.6. The van der Waals surface area contributed by atoms with Gasteiger partial charge in [-0.25, -0.2) is 0 Å². The lowest BCUT2D eigenvalue weighted by Gasteiger charge is -1.64. The van der Waals surface area contributed by atoms with Crippen LogP contribution in [0.3, 0.4) is 0 Å². The van der Waals surface area contributed by atoms with Crippen molar-refractivity contribution in [1.29, 1.82) is 0 Å². The summed E-state index contributed by atoms with van der Waals surface area (Å²) < 4.78 is 0. The summed E-state index contributed by atoms with van der Waals surface area (Å²) in [6, 6.07) is 0. The molecule has 0 heterocycles. The molecular weight excluding hydrogens is 484 g/mol. The zero-order valence-electron chi connectivity index (χ0n) is 21.4. The molecule has 0 atom stereocenters. The van der Waals surface area contributed by atoms with Crippen LogP contribution in [0, 0.1) is 0 Å². The second kappa shape index (κ2) is 420000. The van der Waals surface area contributed by atoms with Crippen molar-refractivity contribution in [3.63, 3.8) is 0 Å². The van der Waals surface area contributed by atoms with Crippen molar-refractivity contribution in [3.8, 4) is 0 Å². The summed E-state index contributed by atoms with van der Waals surface area (Å²) in [5.41, 5.74) is 6.25. The fourth-order valence-corrected chi connectivity index (χ4v) is 0. The summed E-state index contributed by atoms with van der Waals surface area (Å²) in [6.45, 7) is 4.00. The predicted molar refractivity (Wildman–Crippen MR) is 150 cm³/mol. The summed E-state index contributed by atoms with van der Waals surface area (Å²) in [6.07, 6.45) is 0. The molecule has 0 fully saturated rings. The number of hydrogen-bond donors (Lipinski definition) is 32. The van der Waals surface area contributed by atoms with E-state index in [0.717, 1.165) is 0 Å². The summed E-state index contributed by atoms with van der Waals surface area (Å²) in [4.78, 5) is 0. The minimum atomic E-state index is 1.50. The summed E-state index contributed by atoms with van der Waals surface area (Å²) in [7, 11) is 1.50. The smallest absolute Gasteiger partial charge is 0.0195 e. The standard InChI is InChI=1S/C2H6.CH5N.H5N3.14H4N2/c2*1-2;1-3-2;14*1-2/h1-2H3;2H2,1H3;3H,1-2H2;14*1-2H2. The summed E-state index contributed by atoms with van der Waals surface area (Å²) in [5.74, 6) is 121. The van der Waals surface area contributed by atoms with E-state index in [9.17, 15) is 0 Å². The van der Waals surface area contributed by atoms with Gasteiger partial charge >= 0.3 is 0 Å². The van der Waals surface area contributed by atoms with Gasteiger partial charge < -0.3 is 5.73 Å². The first-order valence-corrected chi connectivity index (χ1v) is 6.82. The Hall–Kier alpha value is -1.28. The molecule has 0 aromatic carbocycles. The van der Waals surface area contributed by atoms with E-state index in [1.165, 1.54) is 7.05 Å². The van der Waals surface area contributed by atoms with Crippen molar-refractivity contribution >= 4 is 0 Å². The molecule has 32 nitrogen and oxygen atoms in total. The molecule has 0 bridgehead atoms. The van der Waals surface area contributed by atoms with Gasteiger partial charge in [-0.1, -0.05) is 13.8 Å². The van der Waals surface area contributed by atoms with Gasteiger partial charge in [0.05, 0.1) is 0 Å². The molecule has 0 radical (unpaired) electrons. The SMILES string of the molecule is CC.CN.NN.NN.NN.NN.NN.NN.NN.NN.NN.NN.NN.NN.NN.NN.NNN. The van der Waals surface area contributed by atoms with E-state index in [1.807, 2.05) is 13.8 Å². The van der Waals surface area contributed by atoms with E-state index in [0.29, 0.717) is 0 Å². The zero-order chi connectivity index (χ0) is 34.7. The highest BCUT2D eigenvalue weighted by Crippen LogP contribution is 1.14. The van der Waals surface area contributed by atoms with Crippen LogP contribution < -0.4 is 187 Å². The lowest BCUT2D eigenvalue weighted by Crippen LogP contribution is -2.29. The van der Waals surface area contributed by atoms with E-state index in [2.05, 4.69) is 181 Å². The number of hydrogen-bond acceptors (Lipinski definition) is 32. The van der Waals surface area contributed by atoms with Crippen LogP contribution in [-0.4, -0.2) is 7.05 Å². The first-order chi connectivity index (χ1) is 17.4. The molecule has 244 valence electrons. The van der Waals surface area contributed by atoms with Gasteiger partial charge in [0.25, 0.3) is 0 Å². The van der Waals surface area contributed by atoms with Crippen LogP contribution in [0.5, 0.6) is 0 Å². The molecule has 0 aliphatic heterocycles. The van der Waals surface area contributed by atoms with Crippen LogP contribution in [0.2, 0.25) is 0 Å². The second-order valence-electron chi connectivity index (χ2n) is 0.167. The van der Waals surface area contributed by atoms with Gasteiger partial charge in [-0.15, -0.1) is 0 Å². The maximum absolute atomic E-state index is 4.50. The first kappa shape index (κ1) is 129. The van der Waals surface area contributed by atoms with Gasteiger partial charge in [-0.2, -0.15) is 5.53 Å². The minimum absolute atomic E-state index is 1.50. The molecule has 0 aliphatic carbocycles. The molecule has 0 aliphatic rings. The topological polar surface area (TPSA) is 819 Å². The average Bonchev–Trinajstić information content (AvgIpc) is 3.09. The highest BCUT2D eigenvalue weighted by Gasteiger charge is 1.19. The van der Waals surface area contributed by atoms with Crippen LogP contribution in [0.4, 0.5) is 0 Å². The fraction of sp³-hybridized carbons (Fsp3) is 1.00. The highest BCUT2D eigenvalue weighted by atomic mass is 15.4. The third-order valence-electron chi connectivity index (χ3n) is 0. The molecular formula is C3H72N32. The molecule has 63 N–H and O–H groups in total. The van der Waals surface area contributed by atoms with E-state index in [1.54, 1.807) is 5.53 Å².